The van der Waals surface area contributed by atoms with E-state index in [-0.39, 0.29) is 6.42 Å². The molecule has 0 bridgehead atoms. The van der Waals surface area contributed by atoms with E-state index >= 15 is 0 Å². The van der Waals surface area contributed by atoms with Crippen LogP contribution in [0, 0.1) is 0 Å². The van der Waals surface area contributed by atoms with Crippen LogP contribution in [-0.4, -0.2) is 17.9 Å². The van der Waals surface area contributed by atoms with Crippen molar-refractivity contribution in [2.45, 2.75) is 19.0 Å². The van der Waals surface area contributed by atoms with E-state index in [4.69, 9.17) is 15.9 Å². The van der Waals surface area contributed by atoms with E-state index in [1.165, 1.54) is 12.5 Å². The molecule has 0 aliphatic rings. The van der Waals surface area contributed by atoms with Crippen molar-refractivity contribution in [2.75, 3.05) is 0 Å². The van der Waals surface area contributed by atoms with Gasteiger partial charge in [0.1, 0.15) is 0 Å². The average molecular weight is 211 g/mol. The molecule has 0 radical (unpaired) electrons. The number of nitrogens with one attached hydrogen (secondary N) is 1. The molecule has 0 aliphatic heterocycles. The second-order valence-electron chi connectivity index (χ2n) is 3.13. The maximum Gasteiger partial charge on any atom is 0.237 e. The molecule has 1 aromatic heterocycles. The van der Waals surface area contributed by atoms with Crippen molar-refractivity contribution in [1.29, 1.82) is 0 Å². The molecule has 6 nitrogen and oxygen atoms in total. The fraction of sp³-hybridized carbons (Fsp3) is 0.333. The van der Waals surface area contributed by atoms with Crippen LogP contribution in [0.15, 0.2) is 23.0 Å². The smallest absolute Gasteiger partial charge is 0.237 e. The lowest BCUT2D eigenvalue weighted by Crippen LogP contribution is -2.42. The van der Waals surface area contributed by atoms with Crippen molar-refractivity contribution in [1.82, 2.24) is 5.32 Å². The van der Waals surface area contributed by atoms with Gasteiger partial charge in [-0.3, -0.25) is 9.59 Å². The molecule has 1 unspecified atom stereocenters. The second kappa shape index (κ2) is 5.16. The van der Waals surface area contributed by atoms with Crippen LogP contribution in [0.1, 0.15) is 12.0 Å². The molecular weight excluding hydrogens is 198 g/mol. The topological polar surface area (TPSA) is 111 Å². The summed E-state index contributed by atoms with van der Waals surface area (Å²) in [4.78, 5) is 21.8. The van der Waals surface area contributed by atoms with Gasteiger partial charge in [0.25, 0.3) is 0 Å². The maximum atomic E-state index is 11.3. The van der Waals surface area contributed by atoms with Gasteiger partial charge in [0, 0.05) is 12.1 Å². The van der Waals surface area contributed by atoms with Gasteiger partial charge in [0.05, 0.1) is 25.0 Å². The Kier molecular flexibility index (Phi) is 3.87. The Labute approximate surface area is 86.6 Å². The zero-order chi connectivity index (χ0) is 11.3. The predicted octanol–water partition coefficient (Wildman–Crippen LogP) is -0.901. The summed E-state index contributed by atoms with van der Waals surface area (Å²) in [6, 6.07) is 0.828. The molecule has 5 N–H and O–H groups in total. The summed E-state index contributed by atoms with van der Waals surface area (Å²) in [6.45, 7) is 0.321. The molecule has 0 saturated heterocycles. The van der Waals surface area contributed by atoms with Gasteiger partial charge in [-0.2, -0.15) is 0 Å². The molecule has 0 aromatic carbocycles. The van der Waals surface area contributed by atoms with Gasteiger partial charge in [-0.05, 0) is 6.07 Å². The molecule has 0 saturated carbocycles. The van der Waals surface area contributed by atoms with Crippen LogP contribution >= 0.6 is 0 Å². The Bertz CT molecular complexity index is 334. The molecule has 2 amide bonds. The number of hydrogen-bond acceptors (Lipinski definition) is 4. The zero-order valence-corrected chi connectivity index (χ0v) is 8.10. The first-order chi connectivity index (χ1) is 7.09. The van der Waals surface area contributed by atoms with Gasteiger partial charge in [-0.1, -0.05) is 0 Å². The third-order valence-corrected chi connectivity index (χ3v) is 1.80. The van der Waals surface area contributed by atoms with Crippen LogP contribution in [0.4, 0.5) is 0 Å². The summed E-state index contributed by atoms with van der Waals surface area (Å²) in [6.07, 6.45) is 2.86. The molecule has 0 spiro atoms. The summed E-state index contributed by atoms with van der Waals surface area (Å²) >= 11 is 0. The van der Waals surface area contributed by atoms with E-state index < -0.39 is 17.9 Å². The zero-order valence-electron chi connectivity index (χ0n) is 8.10. The number of furan rings is 1. The van der Waals surface area contributed by atoms with E-state index in [2.05, 4.69) is 5.32 Å². The fourth-order valence-electron chi connectivity index (χ4n) is 1.02. The number of carbonyl (C=O) groups excluding carboxylic acids is 2. The first-order valence-corrected chi connectivity index (χ1v) is 4.42. The number of rotatable bonds is 5. The number of amides is 2. The maximum absolute atomic E-state index is 11.3. The van der Waals surface area contributed by atoms with Crippen molar-refractivity contribution in [3.63, 3.8) is 0 Å². The lowest BCUT2D eigenvalue weighted by molar-refractivity contribution is -0.126. The van der Waals surface area contributed by atoms with Crippen LogP contribution < -0.4 is 16.8 Å². The largest absolute Gasteiger partial charge is 0.472 e. The van der Waals surface area contributed by atoms with Crippen LogP contribution in [0.25, 0.3) is 0 Å². The molecule has 0 fully saturated rings. The van der Waals surface area contributed by atoms with Gasteiger partial charge >= 0.3 is 0 Å². The van der Waals surface area contributed by atoms with Gasteiger partial charge in [-0.25, -0.2) is 0 Å². The average Bonchev–Trinajstić information content (AvgIpc) is 2.65. The lowest BCUT2D eigenvalue weighted by atomic mass is 10.2. The monoisotopic (exact) mass is 211 g/mol. The first-order valence-electron chi connectivity index (χ1n) is 4.42. The van der Waals surface area contributed by atoms with Crippen molar-refractivity contribution in [3.05, 3.63) is 24.2 Å². The second-order valence-corrected chi connectivity index (χ2v) is 3.13. The summed E-state index contributed by atoms with van der Waals surface area (Å²) in [7, 11) is 0. The molecular formula is C9H13N3O3. The Hall–Kier alpha value is -1.82. The first kappa shape index (κ1) is 11.3. The Balaban J connectivity index is 2.32. The molecule has 82 valence electrons. The minimum atomic E-state index is -0.894. The summed E-state index contributed by atoms with van der Waals surface area (Å²) in [5, 5.41) is 2.56. The molecule has 15 heavy (non-hydrogen) atoms. The third-order valence-electron chi connectivity index (χ3n) is 1.80. The fourth-order valence-corrected chi connectivity index (χ4v) is 1.02. The van der Waals surface area contributed by atoms with Crippen molar-refractivity contribution in [3.8, 4) is 0 Å². The van der Waals surface area contributed by atoms with E-state index in [0.717, 1.165) is 5.56 Å². The molecule has 1 rings (SSSR count). The molecule has 1 aromatic rings. The molecule has 1 heterocycles. The van der Waals surface area contributed by atoms with Crippen LogP contribution in [0.5, 0.6) is 0 Å². The lowest BCUT2D eigenvalue weighted by Gasteiger charge is -2.09. The highest BCUT2D eigenvalue weighted by Gasteiger charge is 2.15. The highest BCUT2D eigenvalue weighted by molar-refractivity contribution is 5.87. The summed E-state index contributed by atoms with van der Waals surface area (Å²) < 4.78 is 4.82. The standard InChI is InChI=1S/C9H13N3O3/c10-7(3-8(11)13)9(14)12-4-6-1-2-15-5-6/h1-2,5,7H,3-4,10H2,(H2,11,13)(H,12,14). The quantitative estimate of drug-likeness (QED) is 0.585. The highest BCUT2D eigenvalue weighted by atomic mass is 16.3. The van der Waals surface area contributed by atoms with Crippen molar-refractivity contribution >= 4 is 11.8 Å². The number of primary amides is 1. The summed E-state index contributed by atoms with van der Waals surface area (Å²) in [5.74, 6) is -1.00. The van der Waals surface area contributed by atoms with Gasteiger partial charge in [0.15, 0.2) is 0 Å². The molecule has 6 heteroatoms. The Morgan fingerprint density at radius 2 is 2.27 bits per heavy atom. The van der Waals surface area contributed by atoms with E-state index in [0.29, 0.717) is 6.54 Å². The predicted molar refractivity (Wildman–Crippen MR) is 52.3 cm³/mol. The van der Waals surface area contributed by atoms with Crippen LogP contribution in [0.2, 0.25) is 0 Å². The molecule has 1 atom stereocenters. The van der Waals surface area contributed by atoms with Gasteiger partial charge < -0.3 is 21.2 Å². The van der Waals surface area contributed by atoms with E-state index in [9.17, 15) is 9.59 Å². The third kappa shape index (κ3) is 3.82. The highest BCUT2D eigenvalue weighted by Crippen LogP contribution is 1.98. The van der Waals surface area contributed by atoms with Gasteiger partial charge in [0.2, 0.25) is 11.8 Å². The van der Waals surface area contributed by atoms with Crippen LogP contribution in [-0.2, 0) is 16.1 Å². The number of hydrogen-bond donors (Lipinski definition) is 3. The Morgan fingerprint density at radius 3 is 2.80 bits per heavy atom. The number of carbonyl (C=O) groups is 2. The Morgan fingerprint density at radius 1 is 1.53 bits per heavy atom. The van der Waals surface area contributed by atoms with Crippen LogP contribution in [0.3, 0.4) is 0 Å². The SMILES string of the molecule is NC(=O)CC(N)C(=O)NCc1ccoc1. The minimum absolute atomic E-state index is 0.156. The minimum Gasteiger partial charge on any atom is -0.472 e. The molecule has 0 aliphatic carbocycles. The van der Waals surface area contributed by atoms with Crippen molar-refractivity contribution < 1.29 is 14.0 Å². The summed E-state index contributed by atoms with van der Waals surface area (Å²) in [5.41, 5.74) is 11.2. The normalized spacial score (nSPS) is 12.1. The number of nitrogens with two attached hydrogens (primary N) is 2. The van der Waals surface area contributed by atoms with E-state index in [1.54, 1.807) is 6.07 Å². The van der Waals surface area contributed by atoms with Gasteiger partial charge in [-0.15, -0.1) is 0 Å². The van der Waals surface area contributed by atoms with Crippen molar-refractivity contribution in [2.24, 2.45) is 11.5 Å². The van der Waals surface area contributed by atoms with E-state index in [1.807, 2.05) is 0 Å².